The number of hydrogen-bond donors (Lipinski definition) is 0. The highest BCUT2D eigenvalue weighted by molar-refractivity contribution is 9.10. The fraction of sp³-hybridized carbons (Fsp3) is 0.455. The lowest BCUT2D eigenvalue weighted by Crippen LogP contribution is -2.37. The summed E-state index contributed by atoms with van der Waals surface area (Å²) >= 11 is 3.34. The molecule has 0 saturated carbocycles. The summed E-state index contributed by atoms with van der Waals surface area (Å²) in [5, 5.41) is 0. The van der Waals surface area contributed by atoms with E-state index in [4.69, 9.17) is 4.74 Å². The second-order valence-corrected chi connectivity index (χ2v) is 4.62. The lowest BCUT2D eigenvalue weighted by atomic mass is 10.2. The third kappa shape index (κ3) is 2.19. The number of ether oxygens (including phenoxy) is 1. The Hall–Kier alpha value is -1.10. The molecule has 0 unspecified atom stereocenters. The maximum absolute atomic E-state index is 11.6. The van der Waals surface area contributed by atoms with Crippen molar-refractivity contribution in [2.75, 3.05) is 18.6 Å². The molecular formula is C11H13BrN2O2. The Kier molecular flexibility index (Phi) is 3.43. The topological polar surface area (TPSA) is 42.4 Å². The summed E-state index contributed by atoms with van der Waals surface area (Å²) in [6, 6.07) is 3.65. The molecule has 2 heterocycles. The van der Waals surface area contributed by atoms with Crippen LogP contribution in [-0.4, -0.2) is 30.6 Å². The second-order valence-electron chi connectivity index (χ2n) is 3.71. The number of nitrogens with zero attached hydrogens (tertiary/aromatic N) is 2. The van der Waals surface area contributed by atoms with E-state index in [0.717, 1.165) is 29.7 Å². The molecule has 86 valence electrons. The first-order valence-corrected chi connectivity index (χ1v) is 5.97. The molecule has 0 aromatic carbocycles. The zero-order valence-electron chi connectivity index (χ0n) is 9.02. The lowest BCUT2D eigenvalue weighted by molar-refractivity contribution is -0.141. The van der Waals surface area contributed by atoms with Gasteiger partial charge >= 0.3 is 5.97 Å². The first-order valence-electron chi connectivity index (χ1n) is 5.18. The number of anilines is 1. The molecule has 0 bridgehead atoms. The molecule has 1 aliphatic heterocycles. The van der Waals surface area contributed by atoms with Crippen molar-refractivity contribution in [3.63, 3.8) is 0 Å². The molecule has 0 N–H and O–H groups in total. The van der Waals surface area contributed by atoms with Crippen LogP contribution in [0.5, 0.6) is 0 Å². The SMILES string of the molecule is COC(=O)[C@@H]1CCCN1c1ccc(Br)cn1. The van der Waals surface area contributed by atoms with E-state index in [1.54, 1.807) is 6.20 Å². The van der Waals surface area contributed by atoms with Gasteiger partial charge in [0.2, 0.25) is 0 Å². The maximum Gasteiger partial charge on any atom is 0.328 e. The van der Waals surface area contributed by atoms with Crippen molar-refractivity contribution >= 4 is 27.7 Å². The van der Waals surface area contributed by atoms with Crippen LogP contribution in [0.3, 0.4) is 0 Å². The van der Waals surface area contributed by atoms with E-state index in [2.05, 4.69) is 20.9 Å². The molecule has 1 saturated heterocycles. The predicted octanol–water partition coefficient (Wildman–Crippen LogP) is 1.99. The zero-order valence-corrected chi connectivity index (χ0v) is 10.6. The number of carbonyl (C=O) groups is 1. The molecule has 1 fully saturated rings. The van der Waals surface area contributed by atoms with E-state index in [1.807, 2.05) is 17.0 Å². The summed E-state index contributed by atoms with van der Waals surface area (Å²) in [5.74, 6) is 0.651. The number of pyridine rings is 1. The van der Waals surface area contributed by atoms with Crippen molar-refractivity contribution in [1.82, 2.24) is 4.98 Å². The van der Waals surface area contributed by atoms with Crippen molar-refractivity contribution in [3.8, 4) is 0 Å². The van der Waals surface area contributed by atoms with Gasteiger partial charge in [0.05, 0.1) is 7.11 Å². The average molecular weight is 285 g/mol. The Morgan fingerprint density at radius 3 is 3.06 bits per heavy atom. The summed E-state index contributed by atoms with van der Waals surface area (Å²) in [6.07, 6.45) is 3.57. The molecular weight excluding hydrogens is 272 g/mol. The minimum atomic E-state index is -0.182. The number of hydrogen-bond acceptors (Lipinski definition) is 4. The fourth-order valence-corrected chi connectivity index (χ4v) is 2.19. The minimum Gasteiger partial charge on any atom is -0.467 e. The number of methoxy groups -OCH3 is 1. The normalized spacial score (nSPS) is 19.9. The molecule has 0 amide bonds. The van der Waals surface area contributed by atoms with Crippen LogP contribution >= 0.6 is 15.9 Å². The Morgan fingerprint density at radius 2 is 2.44 bits per heavy atom. The first-order chi connectivity index (χ1) is 7.72. The summed E-state index contributed by atoms with van der Waals surface area (Å²) in [7, 11) is 1.42. The van der Waals surface area contributed by atoms with Crippen molar-refractivity contribution in [2.24, 2.45) is 0 Å². The van der Waals surface area contributed by atoms with Crippen LogP contribution in [0.25, 0.3) is 0 Å². The highest BCUT2D eigenvalue weighted by Gasteiger charge is 2.32. The van der Waals surface area contributed by atoms with Crippen LogP contribution in [0.15, 0.2) is 22.8 Å². The average Bonchev–Trinajstić information content (AvgIpc) is 2.78. The molecule has 1 aliphatic rings. The van der Waals surface area contributed by atoms with E-state index < -0.39 is 0 Å². The van der Waals surface area contributed by atoms with E-state index in [0.29, 0.717) is 0 Å². The van der Waals surface area contributed by atoms with E-state index >= 15 is 0 Å². The highest BCUT2D eigenvalue weighted by atomic mass is 79.9. The summed E-state index contributed by atoms with van der Waals surface area (Å²) in [4.78, 5) is 17.9. The van der Waals surface area contributed by atoms with Crippen molar-refractivity contribution in [1.29, 1.82) is 0 Å². The Bertz CT molecular complexity index is 380. The number of carbonyl (C=O) groups excluding carboxylic acids is 1. The molecule has 1 aromatic rings. The predicted molar refractivity (Wildman–Crippen MR) is 64.3 cm³/mol. The van der Waals surface area contributed by atoms with E-state index in [1.165, 1.54) is 7.11 Å². The third-order valence-electron chi connectivity index (χ3n) is 2.73. The molecule has 0 spiro atoms. The molecule has 1 aromatic heterocycles. The van der Waals surface area contributed by atoms with Crippen LogP contribution in [0.2, 0.25) is 0 Å². The van der Waals surface area contributed by atoms with Crippen LogP contribution in [0.4, 0.5) is 5.82 Å². The Morgan fingerprint density at radius 1 is 1.62 bits per heavy atom. The molecule has 4 nitrogen and oxygen atoms in total. The summed E-state index contributed by atoms with van der Waals surface area (Å²) in [5.41, 5.74) is 0. The second kappa shape index (κ2) is 4.82. The number of rotatable bonds is 2. The van der Waals surface area contributed by atoms with Gasteiger partial charge in [0.1, 0.15) is 11.9 Å². The number of esters is 1. The van der Waals surface area contributed by atoms with Crippen molar-refractivity contribution < 1.29 is 9.53 Å². The van der Waals surface area contributed by atoms with E-state index in [9.17, 15) is 4.79 Å². The Labute approximate surface area is 103 Å². The standard InChI is InChI=1S/C11H13BrN2O2/c1-16-11(15)9-3-2-6-14(9)10-5-4-8(12)7-13-10/h4-5,7,9H,2-3,6H2,1H3/t9-/m0/s1. The summed E-state index contributed by atoms with van der Waals surface area (Å²) in [6.45, 7) is 0.856. The smallest absolute Gasteiger partial charge is 0.328 e. The third-order valence-corrected chi connectivity index (χ3v) is 3.20. The number of halogens is 1. The molecule has 0 aliphatic carbocycles. The van der Waals surface area contributed by atoms with Crippen LogP contribution in [0.1, 0.15) is 12.8 Å². The first kappa shape index (κ1) is 11.4. The van der Waals surface area contributed by atoms with Crippen LogP contribution < -0.4 is 4.90 Å². The van der Waals surface area contributed by atoms with Gasteiger partial charge in [-0.3, -0.25) is 0 Å². The molecule has 0 radical (unpaired) electrons. The monoisotopic (exact) mass is 284 g/mol. The van der Waals surface area contributed by atoms with Crippen molar-refractivity contribution in [2.45, 2.75) is 18.9 Å². The van der Waals surface area contributed by atoms with Crippen LogP contribution in [0, 0.1) is 0 Å². The maximum atomic E-state index is 11.6. The highest BCUT2D eigenvalue weighted by Crippen LogP contribution is 2.25. The van der Waals surface area contributed by atoms with E-state index in [-0.39, 0.29) is 12.0 Å². The van der Waals surface area contributed by atoms with Gasteiger partial charge < -0.3 is 9.64 Å². The molecule has 16 heavy (non-hydrogen) atoms. The molecule has 2 rings (SSSR count). The van der Waals surface area contributed by atoms with Gasteiger partial charge in [0, 0.05) is 17.2 Å². The fourth-order valence-electron chi connectivity index (χ4n) is 1.96. The van der Waals surface area contributed by atoms with Gasteiger partial charge in [-0.2, -0.15) is 0 Å². The zero-order chi connectivity index (χ0) is 11.5. The Balaban J connectivity index is 2.19. The van der Waals surface area contributed by atoms with Gasteiger partial charge in [0.15, 0.2) is 0 Å². The quantitative estimate of drug-likeness (QED) is 0.779. The van der Waals surface area contributed by atoms with Gasteiger partial charge in [-0.15, -0.1) is 0 Å². The molecule has 1 atom stereocenters. The van der Waals surface area contributed by atoms with Gasteiger partial charge in [-0.05, 0) is 40.9 Å². The lowest BCUT2D eigenvalue weighted by Gasteiger charge is -2.23. The number of aromatic nitrogens is 1. The molecule has 5 heteroatoms. The van der Waals surface area contributed by atoms with Crippen LogP contribution in [-0.2, 0) is 9.53 Å². The van der Waals surface area contributed by atoms with Crippen molar-refractivity contribution in [3.05, 3.63) is 22.8 Å². The summed E-state index contributed by atoms with van der Waals surface area (Å²) < 4.78 is 5.73. The van der Waals surface area contributed by atoms with Gasteiger partial charge in [-0.25, -0.2) is 9.78 Å². The van der Waals surface area contributed by atoms with Gasteiger partial charge in [-0.1, -0.05) is 0 Å². The van der Waals surface area contributed by atoms with Gasteiger partial charge in [0.25, 0.3) is 0 Å². The minimum absolute atomic E-state index is 0.179. The largest absolute Gasteiger partial charge is 0.467 e.